The Morgan fingerprint density at radius 2 is 1.68 bits per heavy atom. The molecule has 0 N–H and O–H groups in total. The van der Waals surface area contributed by atoms with Crippen molar-refractivity contribution in [2.45, 2.75) is 102 Å². The van der Waals surface area contributed by atoms with Crippen LogP contribution in [0, 0.1) is 0 Å². The molecule has 0 aromatic carbocycles. The highest BCUT2D eigenvalue weighted by atomic mass is 32.2. The molecule has 31 heavy (non-hydrogen) atoms. The molecule has 2 aliphatic rings. The number of hydrogen-bond acceptors (Lipinski definition) is 6. The van der Waals surface area contributed by atoms with Gasteiger partial charge >= 0.3 is 21.7 Å². The van der Waals surface area contributed by atoms with Crippen LogP contribution in [0.15, 0.2) is 11.8 Å². The SMILES string of the molecule is CC(C)(C)OC(=O)N1[C@@H]2CC(OS(=O)(=O)C(F)(F)F)=C[C@H]1CC2O[Si](C)(C)C(C)(C)C. The van der Waals surface area contributed by atoms with Crippen molar-refractivity contribution in [1.82, 2.24) is 4.90 Å². The van der Waals surface area contributed by atoms with Gasteiger partial charge in [-0.15, -0.1) is 0 Å². The molecular formula is C19H32F3NO6SSi. The molecule has 2 heterocycles. The van der Waals surface area contributed by atoms with Crippen LogP contribution < -0.4 is 0 Å². The summed E-state index contributed by atoms with van der Waals surface area (Å²) in [5.74, 6) is -0.339. The molecule has 0 spiro atoms. The summed E-state index contributed by atoms with van der Waals surface area (Å²) in [7, 11) is -8.07. The van der Waals surface area contributed by atoms with Crippen molar-refractivity contribution in [3.8, 4) is 0 Å². The second-order valence-electron chi connectivity index (χ2n) is 10.5. The van der Waals surface area contributed by atoms with Crippen molar-refractivity contribution in [3.63, 3.8) is 0 Å². The zero-order valence-corrected chi connectivity index (χ0v) is 21.0. The first kappa shape index (κ1) is 26.0. The van der Waals surface area contributed by atoms with E-state index in [2.05, 4.69) is 25.0 Å². The van der Waals surface area contributed by atoms with Crippen molar-refractivity contribution < 1.29 is 39.7 Å². The number of ether oxygens (including phenoxy) is 1. The summed E-state index contributed by atoms with van der Waals surface area (Å²) in [6, 6.07) is -1.39. The second-order valence-corrected chi connectivity index (χ2v) is 16.8. The number of alkyl halides is 3. The van der Waals surface area contributed by atoms with Crippen LogP contribution in [0.4, 0.5) is 18.0 Å². The monoisotopic (exact) mass is 487 g/mol. The smallest absolute Gasteiger partial charge is 0.444 e. The Labute approximate surface area is 183 Å². The third-order valence-corrected chi connectivity index (χ3v) is 11.3. The zero-order valence-electron chi connectivity index (χ0n) is 19.2. The van der Waals surface area contributed by atoms with Gasteiger partial charge in [-0.2, -0.15) is 21.6 Å². The molecular weight excluding hydrogens is 455 g/mol. The van der Waals surface area contributed by atoms with E-state index in [4.69, 9.17) is 9.16 Å². The fourth-order valence-electron chi connectivity index (χ4n) is 3.32. The number of amides is 1. The molecule has 1 fully saturated rings. The van der Waals surface area contributed by atoms with E-state index < -0.39 is 53.8 Å². The zero-order chi connectivity index (χ0) is 24.2. The molecule has 1 saturated heterocycles. The van der Waals surface area contributed by atoms with E-state index in [1.165, 1.54) is 11.0 Å². The number of fused-ring (bicyclic) bond motifs is 2. The minimum atomic E-state index is -5.79. The minimum Gasteiger partial charge on any atom is -0.444 e. The number of carbonyl (C=O) groups is 1. The van der Waals surface area contributed by atoms with Crippen LogP contribution >= 0.6 is 0 Å². The summed E-state index contributed by atoms with van der Waals surface area (Å²) in [6.07, 6.45) is 0.237. The van der Waals surface area contributed by atoms with E-state index in [0.717, 1.165) is 0 Å². The average Bonchev–Trinajstić information content (AvgIpc) is 2.70. The molecule has 0 aromatic rings. The van der Waals surface area contributed by atoms with E-state index in [-0.39, 0.29) is 17.2 Å². The molecule has 0 radical (unpaired) electrons. The van der Waals surface area contributed by atoms with Crippen molar-refractivity contribution >= 4 is 24.5 Å². The van der Waals surface area contributed by atoms with E-state index in [0.29, 0.717) is 6.42 Å². The Morgan fingerprint density at radius 3 is 2.13 bits per heavy atom. The Hall–Kier alpha value is -1.27. The standard InChI is InChI=1S/C19H32F3NO6SSi/c1-17(2,3)27-16(24)23-12-9-13(28-30(25,26)19(20,21)22)11-14(23)15(10-12)29-31(7,8)18(4,5)6/h9,12,14-15H,10-11H2,1-8H3/t12-,14+,15?/m0/s1. The average molecular weight is 488 g/mol. The number of carbonyl (C=O) groups excluding carboxylic acids is 1. The summed E-state index contributed by atoms with van der Waals surface area (Å²) in [5.41, 5.74) is -6.31. The second kappa shape index (κ2) is 7.94. The summed E-state index contributed by atoms with van der Waals surface area (Å²) in [5, 5.41) is -0.132. The molecule has 2 aliphatic heterocycles. The van der Waals surface area contributed by atoms with Crippen LogP contribution in [-0.4, -0.2) is 57.0 Å². The van der Waals surface area contributed by atoms with Gasteiger partial charge in [0.05, 0.1) is 18.2 Å². The maximum Gasteiger partial charge on any atom is 0.534 e. The van der Waals surface area contributed by atoms with Gasteiger partial charge in [0.25, 0.3) is 0 Å². The maximum atomic E-state index is 12.8. The van der Waals surface area contributed by atoms with Gasteiger partial charge in [-0.1, -0.05) is 20.8 Å². The van der Waals surface area contributed by atoms with Crippen LogP contribution in [0.3, 0.4) is 0 Å². The first-order chi connectivity index (χ1) is 13.6. The summed E-state index contributed by atoms with van der Waals surface area (Å²) in [6.45, 7) is 15.3. The lowest BCUT2D eigenvalue weighted by Crippen LogP contribution is -2.51. The van der Waals surface area contributed by atoms with E-state index in [1.807, 2.05) is 13.1 Å². The number of rotatable bonds is 4. The van der Waals surface area contributed by atoms with Gasteiger partial charge in [0, 0.05) is 6.42 Å². The van der Waals surface area contributed by atoms with Gasteiger partial charge in [-0.3, -0.25) is 4.90 Å². The Balaban J connectivity index is 2.35. The molecule has 7 nitrogen and oxygen atoms in total. The lowest BCUT2D eigenvalue weighted by atomic mass is 10.1. The van der Waals surface area contributed by atoms with Crippen LogP contribution in [0.2, 0.25) is 18.1 Å². The number of hydrogen-bond donors (Lipinski definition) is 0. The summed E-state index contributed by atoms with van der Waals surface area (Å²) in [4.78, 5) is 14.3. The topological polar surface area (TPSA) is 82.1 Å². The van der Waals surface area contributed by atoms with E-state index >= 15 is 0 Å². The molecule has 1 amide bonds. The number of nitrogens with zero attached hydrogens (tertiary/aromatic N) is 1. The van der Waals surface area contributed by atoms with Gasteiger partial charge in [0.15, 0.2) is 8.32 Å². The van der Waals surface area contributed by atoms with Gasteiger partial charge in [-0.25, -0.2) is 4.79 Å². The highest BCUT2D eigenvalue weighted by Crippen LogP contribution is 2.44. The molecule has 0 saturated carbocycles. The maximum absolute atomic E-state index is 12.8. The Morgan fingerprint density at radius 1 is 1.13 bits per heavy atom. The third kappa shape index (κ3) is 5.75. The highest BCUT2D eigenvalue weighted by Gasteiger charge is 2.54. The molecule has 2 rings (SSSR count). The van der Waals surface area contributed by atoms with Crippen molar-refractivity contribution in [2.75, 3.05) is 0 Å². The van der Waals surface area contributed by atoms with Crippen LogP contribution in [0.1, 0.15) is 54.4 Å². The molecule has 180 valence electrons. The van der Waals surface area contributed by atoms with Crippen LogP contribution in [0.5, 0.6) is 0 Å². The third-order valence-electron chi connectivity index (χ3n) is 5.76. The predicted octanol–water partition coefficient (Wildman–Crippen LogP) is 4.91. The van der Waals surface area contributed by atoms with Gasteiger partial charge in [0.1, 0.15) is 11.4 Å². The minimum absolute atomic E-state index is 0.132. The van der Waals surface area contributed by atoms with Gasteiger partial charge in [0.2, 0.25) is 0 Å². The molecule has 1 unspecified atom stereocenters. The van der Waals surface area contributed by atoms with Crippen molar-refractivity contribution in [1.29, 1.82) is 0 Å². The van der Waals surface area contributed by atoms with E-state index in [9.17, 15) is 26.4 Å². The lowest BCUT2D eigenvalue weighted by Gasteiger charge is -2.41. The quantitative estimate of drug-likeness (QED) is 0.318. The Bertz CT molecular complexity index is 842. The predicted molar refractivity (Wildman–Crippen MR) is 111 cm³/mol. The Kier molecular flexibility index (Phi) is 6.66. The summed E-state index contributed by atoms with van der Waals surface area (Å²) >= 11 is 0. The molecule has 0 aromatic heterocycles. The first-order valence-corrected chi connectivity index (χ1v) is 14.4. The highest BCUT2D eigenvalue weighted by molar-refractivity contribution is 7.87. The largest absolute Gasteiger partial charge is 0.534 e. The normalized spacial score (nSPS) is 25.3. The molecule has 0 aliphatic carbocycles. The van der Waals surface area contributed by atoms with Gasteiger partial charge in [-0.05, 0) is 51.4 Å². The van der Waals surface area contributed by atoms with Crippen LogP contribution in [-0.2, 0) is 23.5 Å². The van der Waals surface area contributed by atoms with Gasteiger partial charge < -0.3 is 13.3 Å². The van der Waals surface area contributed by atoms with Crippen LogP contribution in [0.25, 0.3) is 0 Å². The fourth-order valence-corrected chi connectivity index (χ4v) is 5.18. The lowest BCUT2D eigenvalue weighted by molar-refractivity contribution is -0.0529. The van der Waals surface area contributed by atoms with Crippen molar-refractivity contribution in [3.05, 3.63) is 11.8 Å². The fraction of sp³-hybridized carbons (Fsp3) is 0.842. The van der Waals surface area contributed by atoms with E-state index in [1.54, 1.807) is 20.8 Å². The van der Waals surface area contributed by atoms with Crippen molar-refractivity contribution in [2.24, 2.45) is 0 Å². The molecule has 12 heteroatoms. The molecule has 2 bridgehead atoms. The first-order valence-electron chi connectivity index (χ1n) is 10.1. The molecule has 3 atom stereocenters. The number of halogens is 3. The summed E-state index contributed by atoms with van der Waals surface area (Å²) < 4.78 is 77.6.